The number of likely N-dealkylation sites (tertiary alicyclic amines) is 1. The minimum atomic E-state index is -4.54. The van der Waals surface area contributed by atoms with Crippen molar-refractivity contribution in [1.82, 2.24) is 24.2 Å². The number of amides is 1. The van der Waals surface area contributed by atoms with E-state index in [1.165, 1.54) is 11.1 Å². The lowest BCUT2D eigenvalue weighted by Gasteiger charge is -2.32. The molecule has 0 bridgehead atoms. The van der Waals surface area contributed by atoms with Gasteiger partial charge in [0.25, 0.3) is 0 Å². The van der Waals surface area contributed by atoms with E-state index < -0.39 is 48.4 Å². The smallest absolute Gasteiger partial charge is 0.341 e. The van der Waals surface area contributed by atoms with E-state index in [9.17, 15) is 27.2 Å². The normalized spacial score (nSPS) is 23.8. The Kier molecular flexibility index (Phi) is 5.57. The average molecular weight is 462 g/mol. The summed E-state index contributed by atoms with van der Waals surface area (Å²) < 4.78 is 56.6. The number of rotatable bonds is 3. The van der Waals surface area contributed by atoms with Crippen LogP contribution in [0.1, 0.15) is 37.3 Å². The van der Waals surface area contributed by atoms with Crippen LogP contribution in [0.4, 0.5) is 17.6 Å². The van der Waals surface area contributed by atoms with Crippen molar-refractivity contribution in [1.29, 1.82) is 0 Å². The summed E-state index contributed by atoms with van der Waals surface area (Å²) in [4.78, 5) is 31.4. The monoisotopic (exact) mass is 461 g/mol. The van der Waals surface area contributed by atoms with Gasteiger partial charge in [0.2, 0.25) is 5.91 Å². The molecule has 0 aromatic carbocycles. The van der Waals surface area contributed by atoms with E-state index in [1.54, 1.807) is 0 Å². The number of carbonyl (C=O) groups is 1. The van der Waals surface area contributed by atoms with Gasteiger partial charge in [0.05, 0.1) is 23.2 Å². The zero-order valence-electron chi connectivity index (χ0n) is 16.6. The Morgan fingerprint density at radius 1 is 1.35 bits per heavy atom. The van der Waals surface area contributed by atoms with Gasteiger partial charge in [-0.15, -0.1) is 0 Å². The fourth-order valence-electron chi connectivity index (χ4n) is 4.21. The van der Waals surface area contributed by atoms with Gasteiger partial charge < -0.3 is 4.90 Å². The zero-order valence-corrected chi connectivity index (χ0v) is 17.3. The molecule has 1 fully saturated rings. The fourth-order valence-corrected chi connectivity index (χ4v) is 4.35. The summed E-state index contributed by atoms with van der Waals surface area (Å²) in [6.45, 7) is 2.44. The Hall–Kier alpha value is -2.43. The van der Waals surface area contributed by atoms with E-state index in [0.29, 0.717) is 13.1 Å². The van der Waals surface area contributed by atoms with E-state index in [4.69, 9.17) is 11.6 Å². The van der Waals surface area contributed by atoms with Gasteiger partial charge in [0, 0.05) is 25.7 Å². The summed E-state index contributed by atoms with van der Waals surface area (Å²) in [7, 11) is 0. The van der Waals surface area contributed by atoms with E-state index in [2.05, 4.69) is 10.1 Å². The summed E-state index contributed by atoms with van der Waals surface area (Å²) in [6.07, 6.45) is -3.64. The van der Waals surface area contributed by atoms with Crippen molar-refractivity contribution in [3.63, 3.8) is 0 Å². The van der Waals surface area contributed by atoms with E-state index in [-0.39, 0.29) is 29.0 Å². The molecule has 3 atom stereocenters. The number of pyridine rings is 1. The summed E-state index contributed by atoms with van der Waals surface area (Å²) >= 11 is 5.68. The number of fused-ring (bicyclic) bond motifs is 1. The van der Waals surface area contributed by atoms with Gasteiger partial charge in [-0.2, -0.15) is 18.3 Å². The maximum absolute atomic E-state index is 14.1. The van der Waals surface area contributed by atoms with Crippen LogP contribution in [-0.4, -0.2) is 49.4 Å². The largest absolute Gasteiger partial charge is 0.392 e. The molecular weight excluding hydrogens is 442 g/mol. The van der Waals surface area contributed by atoms with Crippen LogP contribution >= 0.6 is 11.6 Å². The van der Waals surface area contributed by atoms with Crippen molar-refractivity contribution in [2.45, 2.75) is 44.9 Å². The van der Waals surface area contributed by atoms with Crippen molar-refractivity contribution < 1.29 is 22.4 Å². The first-order valence-electron chi connectivity index (χ1n) is 9.88. The highest BCUT2D eigenvalue weighted by Crippen LogP contribution is 2.39. The lowest BCUT2D eigenvalue weighted by molar-refractivity contribution is -0.183. The molecule has 4 heterocycles. The van der Waals surface area contributed by atoms with Crippen LogP contribution in [0, 0.1) is 17.7 Å². The Morgan fingerprint density at radius 2 is 2.10 bits per heavy atom. The van der Waals surface area contributed by atoms with Gasteiger partial charge in [-0.25, -0.2) is 13.9 Å². The van der Waals surface area contributed by atoms with E-state index in [0.717, 1.165) is 21.7 Å². The Bertz CT molecular complexity index is 1070. The third-order valence-corrected chi connectivity index (χ3v) is 6.06. The predicted molar refractivity (Wildman–Crippen MR) is 102 cm³/mol. The number of hydrogen-bond acceptors (Lipinski definition) is 4. The molecule has 2 aromatic rings. The summed E-state index contributed by atoms with van der Waals surface area (Å²) in [5.74, 6) is -2.98. The molecule has 0 saturated carbocycles. The molecule has 12 heteroatoms. The quantitative estimate of drug-likeness (QED) is 0.659. The molecule has 2 unspecified atom stereocenters. The molecule has 168 valence electrons. The predicted octanol–water partition coefficient (Wildman–Crippen LogP) is 2.81. The lowest BCUT2D eigenvalue weighted by atomic mass is 9.91. The summed E-state index contributed by atoms with van der Waals surface area (Å²) in [6, 6.07) is -0.282. The number of nitrogens with zero attached hydrogens (tertiary/aromatic N) is 5. The van der Waals surface area contributed by atoms with Gasteiger partial charge in [-0.05, 0) is 24.8 Å². The molecule has 1 saturated heterocycles. The lowest BCUT2D eigenvalue weighted by Crippen LogP contribution is -2.45. The standard InChI is InChI=1S/C19H20ClF4N5O2/c1-10-2-3-27(8-10)17(30)15-4-11(19(22,23)24)5-16-26-28(18(31)29(15)16)9-14-13(21)6-12(20)7-25-14/h6-7,10-11,15H,2-5,8-9H2,1H3/t10-,11?,15?/m0/s1. The highest BCUT2D eigenvalue weighted by atomic mass is 35.5. The minimum Gasteiger partial charge on any atom is -0.341 e. The van der Waals surface area contributed by atoms with Gasteiger partial charge >= 0.3 is 11.9 Å². The molecule has 4 rings (SSSR count). The van der Waals surface area contributed by atoms with Crippen molar-refractivity contribution in [2.75, 3.05) is 13.1 Å². The highest BCUT2D eigenvalue weighted by molar-refractivity contribution is 6.30. The van der Waals surface area contributed by atoms with Gasteiger partial charge in [0.15, 0.2) is 0 Å². The molecule has 7 nitrogen and oxygen atoms in total. The first-order chi connectivity index (χ1) is 14.5. The van der Waals surface area contributed by atoms with Gasteiger partial charge in [-0.3, -0.25) is 14.3 Å². The Morgan fingerprint density at radius 3 is 2.71 bits per heavy atom. The van der Waals surface area contributed by atoms with Crippen LogP contribution in [0.5, 0.6) is 0 Å². The highest BCUT2D eigenvalue weighted by Gasteiger charge is 2.48. The van der Waals surface area contributed by atoms with Crippen molar-refractivity contribution in [2.24, 2.45) is 11.8 Å². The maximum atomic E-state index is 14.1. The SMILES string of the molecule is C[C@H]1CCN(C(=O)C2CC(C(F)(F)F)Cc3nn(Cc4ncc(Cl)cc4F)c(=O)n32)C1. The third kappa shape index (κ3) is 4.19. The van der Waals surface area contributed by atoms with Crippen LogP contribution in [-0.2, 0) is 17.8 Å². The summed E-state index contributed by atoms with van der Waals surface area (Å²) in [5.41, 5.74) is -0.900. The molecular formula is C19H20ClF4N5O2. The Labute approximate surface area is 179 Å². The molecule has 0 N–H and O–H groups in total. The first kappa shape index (κ1) is 21.8. The van der Waals surface area contributed by atoms with Crippen molar-refractivity contribution >= 4 is 17.5 Å². The van der Waals surface area contributed by atoms with Crippen LogP contribution in [0.25, 0.3) is 0 Å². The van der Waals surface area contributed by atoms with Gasteiger partial charge in [0.1, 0.15) is 17.7 Å². The van der Waals surface area contributed by atoms with Crippen molar-refractivity contribution in [3.05, 3.63) is 45.1 Å². The number of alkyl halides is 3. The van der Waals surface area contributed by atoms with Gasteiger partial charge in [-0.1, -0.05) is 18.5 Å². The minimum absolute atomic E-state index is 0.0660. The number of hydrogen-bond donors (Lipinski definition) is 0. The first-order valence-corrected chi connectivity index (χ1v) is 10.3. The molecule has 1 amide bonds. The zero-order chi connectivity index (χ0) is 22.5. The number of carbonyl (C=O) groups excluding carboxylic acids is 1. The Balaban J connectivity index is 1.71. The summed E-state index contributed by atoms with van der Waals surface area (Å²) in [5, 5.41) is 4.07. The topological polar surface area (TPSA) is 73.0 Å². The van der Waals surface area contributed by atoms with Crippen LogP contribution in [0.3, 0.4) is 0 Å². The van der Waals surface area contributed by atoms with Crippen molar-refractivity contribution in [3.8, 4) is 0 Å². The molecule has 31 heavy (non-hydrogen) atoms. The maximum Gasteiger partial charge on any atom is 0.392 e. The van der Waals surface area contributed by atoms with E-state index in [1.807, 2.05) is 6.92 Å². The van der Waals surface area contributed by atoms with Crippen LogP contribution in [0.2, 0.25) is 5.02 Å². The molecule has 2 aliphatic heterocycles. The van der Waals surface area contributed by atoms with Crippen LogP contribution < -0.4 is 5.69 Å². The average Bonchev–Trinajstić information content (AvgIpc) is 3.26. The molecule has 0 aliphatic carbocycles. The third-order valence-electron chi connectivity index (χ3n) is 5.86. The fraction of sp³-hybridized carbons (Fsp3) is 0.579. The molecule has 2 aromatic heterocycles. The number of halogens is 5. The molecule has 0 spiro atoms. The second-order valence-corrected chi connectivity index (χ2v) is 8.62. The number of aromatic nitrogens is 4. The molecule has 2 aliphatic rings. The van der Waals surface area contributed by atoms with Crippen LogP contribution in [0.15, 0.2) is 17.1 Å². The second-order valence-electron chi connectivity index (χ2n) is 8.18. The second kappa shape index (κ2) is 7.92. The molecule has 0 radical (unpaired) electrons. The van der Waals surface area contributed by atoms with E-state index >= 15 is 0 Å².